The van der Waals surface area contributed by atoms with Gasteiger partial charge in [0.15, 0.2) is 0 Å². The number of benzene rings is 3. The summed E-state index contributed by atoms with van der Waals surface area (Å²) < 4.78 is 18.9. The molecule has 0 fully saturated rings. The second kappa shape index (κ2) is 10.5. The lowest BCUT2D eigenvalue weighted by atomic mass is 10.0. The summed E-state index contributed by atoms with van der Waals surface area (Å²) >= 11 is 7.62. The van der Waals surface area contributed by atoms with Gasteiger partial charge in [-0.1, -0.05) is 54.9 Å². The lowest BCUT2D eigenvalue weighted by Crippen LogP contribution is -2.47. The predicted octanol–water partition coefficient (Wildman–Crippen LogP) is 5.45. The molecule has 1 N–H and O–H groups in total. The molecule has 8 heteroatoms. The van der Waals surface area contributed by atoms with Gasteiger partial charge in [-0.05, 0) is 35.9 Å². The van der Waals surface area contributed by atoms with Crippen molar-refractivity contribution in [3.63, 3.8) is 0 Å². The van der Waals surface area contributed by atoms with E-state index in [-0.39, 0.29) is 23.4 Å². The van der Waals surface area contributed by atoms with E-state index in [0.29, 0.717) is 17.9 Å². The van der Waals surface area contributed by atoms with E-state index in [1.54, 1.807) is 25.0 Å². The number of fused-ring (bicyclic) bond motifs is 1. The maximum atomic E-state index is 13.6. The molecule has 2 atom stereocenters. The topological polar surface area (TPSA) is 58.6 Å². The second-order valence-corrected chi connectivity index (χ2v) is 9.58. The fourth-order valence-electron chi connectivity index (χ4n) is 3.87. The normalized spacial score (nSPS) is 16.1. The molecule has 4 rings (SSSR count). The minimum Gasteiger partial charge on any atom is -0.496 e. The summed E-state index contributed by atoms with van der Waals surface area (Å²) in [6.07, 6.45) is 0. The number of para-hydroxylation sites is 2. The molecule has 0 saturated heterocycles. The van der Waals surface area contributed by atoms with Crippen molar-refractivity contribution in [3.8, 4) is 5.75 Å². The van der Waals surface area contributed by atoms with E-state index in [0.717, 1.165) is 16.1 Å². The van der Waals surface area contributed by atoms with Gasteiger partial charge in [-0.2, -0.15) is 0 Å². The van der Waals surface area contributed by atoms with Gasteiger partial charge < -0.3 is 15.0 Å². The number of thioether (sulfide) groups is 1. The van der Waals surface area contributed by atoms with Crippen LogP contribution in [0.3, 0.4) is 0 Å². The first kappa shape index (κ1) is 24.1. The molecule has 2 amide bonds. The molecule has 176 valence electrons. The third-order valence-corrected chi connectivity index (χ3v) is 7.59. The smallest absolute Gasteiger partial charge is 0.241 e. The summed E-state index contributed by atoms with van der Waals surface area (Å²) in [7, 11) is 1.58. The highest BCUT2D eigenvalue weighted by Gasteiger charge is 2.39. The Bertz CT molecular complexity index is 1220. The number of carbonyl (C=O) groups is 2. The van der Waals surface area contributed by atoms with Gasteiger partial charge >= 0.3 is 0 Å². The molecule has 0 spiro atoms. The molecule has 1 aliphatic rings. The van der Waals surface area contributed by atoms with E-state index in [4.69, 9.17) is 16.3 Å². The summed E-state index contributed by atoms with van der Waals surface area (Å²) in [4.78, 5) is 29.1. The van der Waals surface area contributed by atoms with Crippen LogP contribution in [0.15, 0.2) is 71.6 Å². The van der Waals surface area contributed by atoms with Crippen LogP contribution >= 0.6 is 23.4 Å². The fourth-order valence-corrected chi connectivity index (χ4v) is 5.38. The highest BCUT2D eigenvalue weighted by Crippen LogP contribution is 2.42. The van der Waals surface area contributed by atoms with E-state index in [1.807, 2.05) is 48.5 Å². The minimum absolute atomic E-state index is 0.182. The first-order valence-corrected chi connectivity index (χ1v) is 12.1. The second-order valence-electron chi connectivity index (χ2n) is 7.98. The highest BCUT2D eigenvalue weighted by atomic mass is 35.5. The zero-order chi connectivity index (χ0) is 24.2. The Morgan fingerprint density at radius 2 is 1.88 bits per heavy atom. The molecular weight excluding hydrogens is 475 g/mol. The number of nitrogens with zero attached hydrogens (tertiary/aromatic N) is 1. The van der Waals surface area contributed by atoms with E-state index in [1.165, 1.54) is 23.9 Å². The SMILES string of the molecule is COc1ccccc1CNC(=O)C(C)C1Sc2ccccc2N(Cc2ccc(F)cc2Cl)C1=O. The van der Waals surface area contributed by atoms with Crippen LogP contribution in [-0.4, -0.2) is 24.2 Å². The van der Waals surface area contributed by atoms with Crippen LogP contribution in [0.1, 0.15) is 18.1 Å². The van der Waals surface area contributed by atoms with Crippen molar-refractivity contribution in [2.24, 2.45) is 5.92 Å². The summed E-state index contributed by atoms with van der Waals surface area (Å²) in [5.74, 6) is -0.755. The van der Waals surface area contributed by atoms with Crippen molar-refractivity contribution >= 4 is 40.9 Å². The van der Waals surface area contributed by atoms with Crippen molar-refractivity contribution in [2.45, 2.75) is 30.2 Å². The number of halogens is 2. The third-order valence-electron chi connectivity index (χ3n) is 5.78. The summed E-state index contributed by atoms with van der Waals surface area (Å²) in [5, 5.41) is 2.56. The quantitative estimate of drug-likeness (QED) is 0.470. The van der Waals surface area contributed by atoms with Crippen LogP contribution in [0.2, 0.25) is 5.02 Å². The monoisotopic (exact) mass is 498 g/mol. The van der Waals surface area contributed by atoms with Gasteiger partial charge in [0.25, 0.3) is 0 Å². The minimum atomic E-state index is -0.619. The number of nitrogens with one attached hydrogen (secondary N) is 1. The predicted molar refractivity (Wildman–Crippen MR) is 133 cm³/mol. The van der Waals surface area contributed by atoms with Gasteiger partial charge in [0.05, 0.1) is 25.3 Å². The molecule has 0 saturated carbocycles. The number of rotatable bonds is 7. The van der Waals surface area contributed by atoms with Crippen LogP contribution in [0.5, 0.6) is 5.75 Å². The maximum Gasteiger partial charge on any atom is 0.241 e. The highest BCUT2D eigenvalue weighted by molar-refractivity contribution is 8.01. The Hall–Kier alpha value is -3.03. The third kappa shape index (κ3) is 5.05. The van der Waals surface area contributed by atoms with Crippen molar-refractivity contribution in [2.75, 3.05) is 12.0 Å². The van der Waals surface area contributed by atoms with Crippen molar-refractivity contribution in [3.05, 3.63) is 88.7 Å². The number of carbonyl (C=O) groups excluding carboxylic acids is 2. The van der Waals surface area contributed by atoms with Gasteiger partial charge in [-0.3, -0.25) is 9.59 Å². The number of hydrogen-bond donors (Lipinski definition) is 1. The van der Waals surface area contributed by atoms with Crippen LogP contribution in [0, 0.1) is 11.7 Å². The van der Waals surface area contributed by atoms with Gasteiger partial charge in [-0.25, -0.2) is 4.39 Å². The molecule has 0 aliphatic carbocycles. The van der Waals surface area contributed by atoms with Crippen LogP contribution in [-0.2, 0) is 22.7 Å². The zero-order valence-corrected chi connectivity index (χ0v) is 20.3. The van der Waals surface area contributed by atoms with Gasteiger partial charge in [0.1, 0.15) is 16.8 Å². The molecule has 3 aromatic carbocycles. The number of amides is 2. The molecule has 2 unspecified atom stereocenters. The molecule has 1 heterocycles. The largest absolute Gasteiger partial charge is 0.496 e. The Morgan fingerprint density at radius 1 is 1.15 bits per heavy atom. The number of methoxy groups -OCH3 is 1. The van der Waals surface area contributed by atoms with Crippen molar-refractivity contribution in [1.82, 2.24) is 5.32 Å². The van der Waals surface area contributed by atoms with E-state index < -0.39 is 17.0 Å². The van der Waals surface area contributed by atoms with Crippen molar-refractivity contribution in [1.29, 1.82) is 0 Å². The lowest BCUT2D eigenvalue weighted by Gasteiger charge is -2.36. The molecule has 3 aromatic rings. The van der Waals surface area contributed by atoms with Gasteiger partial charge in [-0.15, -0.1) is 11.8 Å². The molecule has 0 radical (unpaired) electrons. The Kier molecular flexibility index (Phi) is 7.44. The average Bonchev–Trinajstić information content (AvgIpc) is 2.85. The summed E-state index contributed by atoms with van der Waals surface area (Å²) in [6, 6.07) is 19.1. The summed E-state index contributed by atoms with van der Waals surface area (Å²) in [6.45, 7) is 2.23. The molecule has 5 nitrogen and oxygen atoms in total. The fraction of sp³-hybridized carbons (Fsp3) is 0.231. The molecule has 34 heavy (non-hydrogen) atoms. The zero-order valence-electron chi connectivity index (χ0n) is 18.8. The van der Waals surface area contributed by atoms with Crippen LogP contribution < -0.4 is 15.0 Å². The van der Waals surface area contributed by atoms with Crippen molar-refractivity contribution < 1.29 is 18.7 Å². The number of hydrogen-bond acceptors (Lipinski definition) is 4. The van der Waals surface area contributed by atoms with Gasteiger partial charge in [0, 0.05) is 22.0 Å². The number of anilines is 1. The van der Waals surface area contributed by atoms with Crippen LogP contribution in [0.25, 0.3) is 0 Å². The Morgan fingerprint density at radius 3 is 2.65 bits per heavy atom. The van der Waals surface area contributed by atoms with E-state index in [9.17, 15) is 14.0 Å². The molecule has 1 aliphatic heterocycles. The van der Waals surface area contributed by atoms with E-state index in [2.05, 4.69) is 5.32 Å². The van der Waals surface area contributed by atoms with Crippen LogP contribution in [0.4, 0.5) is 10.1 Å². The first-order chi connectivity index (χ1) is 16.4. The first-order valence-electron chi connectivity index (χ1n) is 10.8. The number of ether oxygens (including phenoxy) is 1. The maximum absolute atomic E-state index is 13.6. The van der Waals surface area contributed by atoms with Gasteiger partial charge in [0.2, 0.25) is 11.8 Å². The van der Waals surface area contributed by atoms with E-state index >= 15 is 0 Å². The lowest BCUT2D eigenvalue weighted by molar-refractivity contribution is -0.128. The molecule has 0 aromatic heterocycles. The summed E-state index contributed by atoms with van der Waals surface area (Å²) in [5.41, 5.74) is 2.23. The standard InChI is InChI=1S/C26H24ClFN2O3S/c1-16(25(31)29-14-17-7-3-5-9-22(17)33-2)24-26(32)30(21-8-4-6-10-23(21)34-24)15-18-11-12-19(28)13-20(18)27/h3-13,16,24H,14-15H2,1-2H3,(H,29,31). The average molecular weight is 499 g/mol. The Labute approximate surface area is 207 Å². The molecule has 0 bridgehead atoms. The Balaban J connectivity index is 1.54. The molecular formula is C26H24ClFN2O3S.